The summed E-state index contributed by atoms with van der Waals surface area (Å²) >= 11 is -12.2. The molecular weight excluding hydrogens is 559 g/mol. The summed E-state index contributed by atoms with van der Waals surface area (Å²) in [5.74, 6) is 0. The summed E-state index contributed by atoms with van der Waals surface area (Å²) in [4.78, 5) is 0. The molecule has 0 aliphatic heterocycles. The van der Waals surface area contributed by atoms with Crippen molar-refractivity contribution >= 4 is 0 Å². The van der Waals surface area contributed by atoms with Gasteiger partial charge >= 0.3 is 76.8 Å². The SMILES string of the molecule is [Co+2].[O]=[Re](=[O])(=[O])[O-].[O]=[Re](=[O])(=[O])[O-]. The molecule has 0 spiro atoms. The Morgan fingerprint density at radius 1 is 0.636 bits per heavy atom. The molecule has 0 rings (SSSR count). The molecule has 0 aliphatic carbocycles. The van der Waals surface area contributed by atoms with Crippen LogP contribution < -0.4 is 7.66 Å². The van der Waals surface area contributed by atoms with Gasteiger partial charge in [-0.05, 0) is 0 Å². The molecule has 71 valence electrons. The summed E-state index contributed by atoms with van der Waals surface area (Å²) in [6.45, 7) is 0. The van der Waals surface area contributed by atoms with Crippen molar-refractivity contribution in [3.05, 3.63) is 0 Å². The number of rotatable bonds is 0. The quantitative estimate of drug-likeness (QED) is 0.303. The summed E-state index contributed by atoms with van der Waals surface area (Å²) < 4.78 is 69.1. The van der Waals surface area contributed by atoms with Crippen molar-refractivity contribution in [2.75, 3.05) is 0 Å². The van der Waals surface area contributed by atoms with Gasteiger partial charge in [0.05, 0.1) is 0 Å². The van der Waals surface area contributed by atoms with Crippen LogP contribution in [0.4, 0.5) is 0 Å². The minimum atomic E-state index is -6.11. The Bertz CT molecular complexity index is 296. The van der Waals surface area contributed by atoms with Gasteiger partial charge in [0.1, 0.15) is 0 Å². The molecule has 11 heteroatoms. The van der Waals surface area contributed by atoms with E-state index in [0.717, 1.165) is 0 Å². The Kier molecular flexibility index (Phi) is 9.77. The summed E-state index contributed by atoms with van der Waals surface area (Å²) in [6, 6.07) is 0. The molecule has 0 aromatic carbocycles. The molecule has 1 radical (unpaired) electrons. The zero-order valence-electron chi connectivity index (χ0n) is 4.36. The third-order valence-electron chi connectivity index (χ3n) is 0. The Labute approximate surface area is 76.5 Å². The normalized spacial score (nSPS) is 10.4. The first-order valence-corrected chi connectivity index (χ1v) is 10.1. The molecule has 0 saturated heterocycles. The monoisotopic (exact) mass is 561 g/mol. The van der Waals surface area contributed by atoms with E-state index in [1.165, 1.54) is 0 Å². The molecule has 0 atom stereocenters. The molecule has 0 heterocycles. The number of hydrogen-bond donors (Lipinski definition) is 0. The minimum absolute atomic E-state index is 0. The maximum absolute atomic E-state index is 8.64. The van der Waals surface area contributed by atoms with Crippen molar-refractivity contribution in [3.63, 3.8) is 0 Å². The van der Waals surface area contributed by atoms with Crippen LogP contribution in [-0.2, 0) is 69.2 Å². The van der Waals surface area contributed by atoms with Crippen LogP contribution in [0.5, 0.6) is 0 Å². The molecule has 0 N–H and O–H groups in total. The predicted molar refractivity (Wildman–Crippen MR) is 4.12 cm³/mol. The molecule has 8 nitrogen and oxygen atoms in total. The van der Waals surface area contributed by atoms with Crippen LogP contribution in [-0.4, -0.2) is 0 Å². The molecule has 0 bridgehead atoms. The van der Waals surface area contributed by atoms with E-state index in [0.29, 0.717) is 0 Å². The van der Waals surface area contributed by atoms with Gasteiger partial charge in [-0.1, -0.05) is 0 Å². The van der Waals surface area contributed by atoms with Crippen LogP contribution in [0.3, 0.4) is 0 Å². The van der Waals surface area contributed by atoms with Crippen LogP contribution in [0.2, 0.25) is 0 Å². The van der Waals surface area contributed by atoms with Crippen molar-refractivity contribution < 1.29 is 76.8 Å². The van der Waals surface area contributed by atoms with Gasteiger partial charge in [0.2, 0.25) is 0 Å². The van der Waals surface area contributed by atoms with E-state index in [2.05, 4.69) is 0 Å². The van der Waals surface area contributed by atoms with E-state index < -0.39 is 31.6 Å². The van der Waals surface area contributed by atoms with E-state index in [1.807, 2.05) is 0 Å². The molecule has 0 aromatic heterocycles. The first-order chi connectivity index (χ1) is 4.00. The third kappa shape index (κ3) is 2540. The maximum atomic E-state index is 8.64. The molecule has 0 amide bonds. The molecule has 0 saturated carbocycles. The average molecular weight is 559 g/mol. The van der Waals surface area contributed by atoms with Gasteiger partial charge in [-0.15, -0.1) is 0 Å². The van der Waals surface area contributed by atoms with Gasteiger partial charge in [-0.25, -0.2) is 0 Å². The molecule has 11 heavy (non-hydrogen) atoms. The van der Waals surface area contributed by atoms with Crippen LogP contribution in [0, 0.1) is 0 Å². The molecule has 0 unspecified atom stereocenters. The average Bonchev–Trinajstić information content (AvgIpc) is 1.12. The molecular formula is CoO8Re2. The first kappa shape index (κ1) is 17.6. The van der Waals surface area contributed by atoms with Gasteiger partial charge in [0, 0.05) is 0 Å². The topological polar surface area (TPSA) is 149 Å². The van der Waals surface area contributed by atoms with E-state index >= 15 is 0 Å². The zero-order chi connectivity index (χ0) is 9.00. The van der Waals surface area contributed by atoms with E-state index in [9.17, 15) is 0 Å². The zero-order valence-corrected chi connectivity index (χ0v) is 10.8. The van der Waals surface area contributed by atoms with Gasteiger partial charge in [-0.3, -0.25) is 0 Å². The van der Waals surface area contributed by atoms with Crippen molar-refractivity contribution in [1.29, 1.82) is 0 Å². The van der Waals surface area contributed by atoms with Crippen molar-refractivity contribution in [2.45, 2.75) is 0 Å². The van der Waals surface area contributed by atoms with Crippen LogP contribution in [0.25, 0.3) is 0 Å². The second kappa shape index (κ2) is 6.11. The van der Waals surface area contributed by atoms with Crippen LogP contribution >= 0.6 is 0 Å². The second-order valence-electron chi connectivity index (χ2n) is 0.756. The molecule has 0 fully saturated rings. The Hall–Kier alpha value is 0.551. The van der Waals surface area contributed by atoms with Crippen molar-refractivity contribution in [3.8, 4) is 0 Å². The van der Waals surface area contributed by atoms with E-state index in [4.69, 9.17) is 28.5 Å². The first-order valence-electron chi connectivity index (χ1n) is 1.23. The van der Waals surface area contributed by atoms with Crippen molar-refractivity contribution in [2.24, 2.45) is 0 Å². The van der Waals surface area contributed by atoms with Crippen LogP contribution in [0.15, 0.2) is 0 Å². The molecule has 0 aliphatic rings. The van der Waals surface area contributed by atoms with E-state index in [-0.39, 0.29) is 16.8 Å². The fourth-order valence-corrected chi connectivity index (χ4v) is 0. The van der Waals surface area contributed by atoms with Crippen molar-refractivity contribution in [1.82, 2.24) is 0 Å². The summed E-state index contributed by atoms with van der Waals surface area (Å²) in [5, 5.41) is 0. The standard InChI is InChI=1S/Co.8O.2Re/q+2;;;;;;;2*-1;;. The summed E-state index contributed by atoms with van der Waals surface area (Å²) in [6.07, 6.45) is 0. The van der Waals surface area contributed by atoms with Gasteiger partial charge in [0.15, 0.2) is 0 Å². The van der Waals surface area contributed by atoms with Gasteiger partial charge in [-0.2, -0.15) is 0 Å². The summed E-state index contributed by atoms with van der Waals surface area (Å²) in [5.41, 5.74) is 0. The van der Waals surface area contributed by atoms with Crippen LogP contribution in [0.1, 0.15) is 0 Å². The fraction of sp³-hybridized carbons (Fsp3) is 0. The van der Waals surface area contributed by atoms with Gasteiger partial charge < -0.3 is 0 Å². The Morgan fingerprint density at radius 3 is 0.636 bits per heavy atom. The second-order valence-corrected chi connectivity index (χ2v) is 6.19. The Morgan fingerprint density at radius 2 is 0.636 bits per heavy atom. The third-order valence-corrected chi connectivity index (χ3v) is 0. The molecule has 0 aromatic rings. The van der Waals surface area contributed by atoms with Gasteiger partial charge in [0.25, 0.3) is 0 Å². The number of hydrogen-bond acceptors (Lipinski definition) is 8. The summed E-state index contributed by atoms with van der Waals surface area (Å²) in [7, 11) is 0. The fourth-order valence-electron chi connectivity index (χ4n) is 0. The van der Waals surface area contributed by atoms with E-state index in [1.54, 1.807) is 0 Å². The Balaban J connectivity index is -0.000000107. The predicted octanol–water partition coefficient (Wildman–Crippen LogP) is -3.10.